The van der Waals surface area contributed by atoms with Crippen molar-refractivity contribution >= 4 is 23.0 Å². The molecule has 0 bridgehead atoms. The van der Waals surface area contributed by atoms with E-state index in [0.717, 1.165) is 5.69 Å². The van der Waals surface area contributed by atoms with Gasteiger partial charge < -0.3 is 5.32 Å². The Hall–Kier alpha value is -2.07. The maximum absolute atomic E-state index is 10.8. The number of hydrogen-bond acceptors (Lipinski definition) is 3. The lowest BCUT2D eigenvalue weighted by Gasteiger charge is -2.17. The van der Waals surface area contributed by atoms with Gasteiger partial charge in [-0.25, -0.2) is 0 Å². The van der Waals surface area contributed by atoms with Crippen LogP contribution in [0.4, 0.5) is 11.4 Å². The predicted octanol–water partition coefficient (Wildman–Crippen LogP) is 5.04. The van der Waals surface area contributed by atoms with Crippen LogP contribution in [0.15, 0.2) is 36.4 Å². The molecule has 0 heterocycles. The lowest BCUT2D eigenvalue weighted by Crippen LogP contribution is -2.07. The molecular formula is C16H17ClN2O2. The van der Waals surface area contributed by atoms with Gasteiger partial charge in [-0.1, -0.05) is 40.9 Å². The van der Waals surface area contributed by atoms with Crippen LogP contribution >= 0.6 is 11.6 Å². The number of halogens is 1. The SMILES string of the molecule is Cc1cc(C)cc(C(C)Nc2ccc([N+](=O)[O-])c(Cl)c2)c1. The smallest absolute Gasteiger partial charge is 0.288 e. The van der Waals surface area contributed by atoms with Crippen molar-refractivity contribution in [3.63, 3.8) is 0 Å². The van der Waals surface area contributed by atoms with Gasteiger partial charge in [0.1, 0.15) is 5.02 Å². The molecule has 0 fully saturated rings. The maximum atomic E-state index is 10.8. The molecule has 0 saturated heterocycles. The van der Waals surface area contributed by atoms with Gasteiger partial charge in [-0.2, -0.15) is 0 Å². The van der Waals surface area contributed by atoms with E-state index in [0.29, 0.717) is 0 Å². The normalized spacial score (nSPS) is 12.0. The molecule has 0 saturated carbocycles. The van der Waals surface area contributed by atoms with Crippen LogP contribution in [-0.2, 0) is 0 Å². The van der Waals surface area contributed by atoms with Crippen LogP contribution in [-0.4, -0.2) is 4.92 Å². The molecule has 1 atom stereocenters. The molecule has 5 heteroatoms. The lowest BCUT2D eigenvalue weighted by molar-refractivity contribution is -0.384. The minimum absolute atomic E-state index is 0.0822. The topological polar surface area (TPSA) is 55.2 Å². The first-order chi connectivity index (χ1) is 9.86. The van der Waals surface area contributed by atoms with Crippen LogP contribution < -0.4 is 5.32 Å². The van der Waals surface area contributed by atoms with E-state index >= 15 is 0 Å². The van der Waals surface area contributed by atoms with Gasteiger partial charge in [0.25, 0.3) is 5.69 Å². The van der Waals surface area contributed by atoms with Gasteiger partial charge in [0.2, 0.25) is 0 Å². The molecule has 2 rings (SSSR count). The molecular weight excluding hydrogens is 288 g/mol. The number of anilines is 1. The summed E-state index contributed by atoms with van der Waals surface area (Å²) in [4.78, 5) is 10.3. The Morgan fingerprint density at radius 1 is 1.14 bits per heavy atom. The molecule has 0 aromatic heterocycles. The highest BCUT2D eigenvalue weighted by Crippen LogP contribution is 2.29. The molecule has 0 radical (unpaired) electrons. The molecule has 110 valence electrons. The minimum Gasteiger partial charge on any atom is -0.378 e. The van der Waals surface area contributed by atoms with Crippen LogP contribution in [0, 0.1) is 24.0 Å². The van der Waals surface area contributed by atoms with Crippen LogP contribution in [0.3, 0.4) is 0 Å². The van der Waals surface area contributed by atoms with Crippen LogP contribution in [0.5, 0.6) is 0 Å². The zero-order chi connectivity index (χ0) is 15.6. The molecule has 1 N–H and O–H groups in total. The largest absolute Gasteiger partial charge is 0.378 e. The highest BCUT2D eigenvalue weighted by molar-refractivity contribution is 6.32. The number of nitro benzene ring substituents is 1. The molecule has 21 heavy (non-hydrogen) atoms. The monoisotopic (exact) mass is 304 g/mol. The number of rotatable bonds is 4. The van der Waals surface area contributed by atoms with E-state index in [2.05, 4.69) is 37.4 Å². The molecule has 0 aliphatic rings. The fraction of sp³-hybridized carbons (Fsp3) is 0.250. The van der Waals surface area contributed by atoms with Crippen molar-refractivity contribution in [1.82, 2.24) is 0 Å². The van der Waals surface area contributed by atoms with Crippen molar-refractivity contribution < 1.29 is 4.92 Å². The number of hydrogen-bond donors (Lipinski definition) is 1. The Balaban J connectivity index is 2.21. The third-order valence-corrected chi connectivity index (χ3v) is 3.57. The minimum atomic E-state index is -0.487. The summed E-state index contributed by atoms with van der Waals surface area (Å²) in [6.45, 7) is 6.17. The summed E-state index contributed by atoms with van der Waals surface area (Å²) >= 11 is 5.92. The quantitative estimate of drug-likeness (QED) is 0.636. The average molecular weight is 305 g/mol. The van der Waals surface area contributed by atoms with E-state index in [1.165, 1.54) is 22.8 Å². The zero-order valence-electron chi connectivity index (χ0n) is 12.2. The van der Waals surface area contributed by atoms with Crippen LogP contribution in [0.25, 0.3) is 0 Å². The van der Waals surface area contributed by atoms with Crippen molar-refractivity contribution in [2.75, 3.05) is 5.32 Å². The van der Waals surface area contributed by atoms with E-state index in [4.69, 9.17) is 11.6 Å². The van der Waals surface area contributed by atoms with Gasteiger partial charge in [0.05, 0.1) is 4.92 Å². The maximum Gasteiger partial charge on any atom is 0.288 e. The third kappa shape index (κ3) is 3.73. The molecule has 2 aromatic rings. The van der Waals surface area contributed by atoms with Gasteiger partial charge in [-0.3, -0.25) is 10.1 Å². The second kappa shape index (κ2) is 6.14. The first-order valence-corrected chi connectivity index (χ1v) is 7.03. The summed E-state index contributed by atoms with van der Waals surface area (Å²) < 4.78 is 0. The van der Waals surface area contributed by atoms with Gasteiger partial charge in [0, 0.05) is 17.8 Å². The Bertz CT molecular complexity index is 666. The summed E-state index contributed by atoms with van der Waals surface area (Å²) in [5.74, 6) is 0. The number of nitro groups is 1. The number of benzene rings is 2. The van der Waals surface area contributed by atoms with Gasteiger partial charge in [-0.05, 0) is 38.5 Å². The second-order valence-corrected chi connectivity index (χ2v) is 5.62. The van der Waals surface area contributed by atoms with E-state index in [1.54, 1.807) is 12.1 Å². The molecule has 1 unspecified atom stereocenters. The highest BCUT2D eigenvalue weighted by atomic mass is 35.5. The average Bonchev–Trinajstić information content (AvgIpc) is 2.37. The molecule has 0 aliphatic carbocycles. The van der Waals surface area contributed by atoms with E-state index in [9.17, 15) is 10.1 Å². The Labute approximate surface area is 128 Å². The predicted molar refractivity (Wildman–Crippen MR) is 86.1 cm³/mol. The number of nitrogens with zero attached hydrogens (tertiary/aromatic N) is 1. The zero-order valence-corrected chi connectivity index (χ0v) is 12.9. The van der Waals surface area contributed by atoms with Gasteiger partial charge in [0.15, 0.2) is 0 Å². The van der Waals surface area contributed by atoms with Gasteiger partial charge in [-0.15, -0.1) is 0 Å². The van der Waals surface area contributed by atoms with Crippen molar-refractivity contribution in [3.05, 3.63) is 68.2 Å². The first kappa shape index (κ1) is 15.3. The van der Waals surface area contributed by atoms with Gasteiger partial charge >= 0.3 is 0 Å². The lowest BCUT2D eigenvalue weighted by atomic mass is 10.0. The van der Waals surface area contributed by atoms with E-state index < -0.39 is 4.92 Å². The Morgan fingerprint density at radius 3 is 2.29 bits per heavy atom. The van der Waals surface area contributed by atoms with Crippen LogP contribution in [0.1, 0.15) is 29.7 Å². The molecule has 0 amide bonds. The highest BCUT2D eigenvalue weighted by Gasteiger charge is 2.13. The first-order valence-electron chi connectivity index (χ1n) is 6.65. The summed E-state index contributed by atoms with van der Waals surface area (Å²) in [6.07, 6.45) is 0. The fourth-order valence-corrected chi connectivity index (χ4v) is 2.59. The summed E-state index contributed by atoms with van der Waals surface area (Å²) in [5, 5.41) is 14.2. The van der Waals surface area contributed by atoms with Crippen molar-refractivity contribution in [1.29, 1.82) is 0 Å². The fourth-order valence-electron chi connectivity index (χ4n) is 2.34. The molecule has 2 aromatic carbocycles. The third-order valence-electron chi connectivity index (χ3n) is 3.27. The number of nitrogens with one attached hydrogen (secondary N) is 1. The standard InChI is InChI=1S/C16H17ClN2O2/c1-10-6-11(2)8-13(7-10)12(3)18-14-4-5-16(19(20)21)15(17)9-14/h4-9,12,18H,1-3H3. The molecule has 0 spiro atoms. The summed E-state index contributed by atoms with van der Waals surface area (Å²) in [5.41, 5.74) is 4.27. The summed E-state index contributed by atoms with van der Waals surface area (Å²) in [6, 6.07) is 11.1. The Morgan fingerprint density at radius 2 is 1.76 bits per heavy atom. The van der Waals surface area contributed by atoms with Crippen molar-refractivity contribution in [2.24, 2.45) is 0 Å². The van der Waals surface area contributed by atoms with E-state index in [-0.39, 0.29) is 16.8 Å². The van der Waals surface area contributed by atoms with E-state index in [1.807, 2.05) is 6.92 Å². The molecule has 0 aliphatic heterocycles. The summed E-state index contributed by atoms with van der Waals surface area (Å²) in [7, 11) is 0. The molecule has 4 nitrogen and oxygen atoms in total. The van der Waals surface area contributed by atoms with Crippen molar-refractivity contribution in [2.45, 2.75) is 26.8 Å². The second-order valence-electron chi connectivity index (χ2n) is 5.21. The Kier molecular flexibility index (Phi) is 4.48. The van der Waals surface area contributed by atoms with Crippen LogP contribution in [0.2, 0.25) is 5.02 Å². The van der Waals surface area contributed by atoms with Crippen molar-refractivity contribution in [3.8, 4) is 0 Å². The number of aryl methyl sites for hydroxylation is 2.